The third kappa shape index (κ3) is 3.85. The molecule has 6 heteroatoms. The second kappa shape index (κ2) is 9.51. The number of amides is 1. The fourth-order valence-corrected chi connectivity index (χ4v) is 4.91. The van der Waals surface area contributed by atoms with Gasteiger partial charge >= 0.3 is 11.9 Å². The smallest absolute Gasteiger partial charge is 0.320 e. The number of carbonyl (C=O) groups excluding carboxylic acids is 3. The van der Waals surface area contributed by atoms with Crippen LogP contribution in [0, 0.1) is 5.92 Å². The second-order valence-corrected chi connectivity index (χ2v) is 8.34. The molecule has 0 bridgehead atoms. The number of nitrogens with zero attached hydrogens (tertiary/aromatic N) is 1. The lowest BCUT2D eigenvalue weighted by atomic mass is 9.68. The van der Waals surface area contributed by atoms with Crippen LogP contribution in [0.25, 0.3) is 0 Å². The molecule has 0 unspecified atom stereocenters. The number of rotatable bonds is 7. The number of likely N-dealkylation sites (tertiary alicyclic amines) is 1. The standard InChI is InChI=1S/C28H27NO5/c1-19(21-13-7-4-8-14-21)29-25(24(26(29)31)27(32)33-3)28(34-20(2)30,22-15-9-5-10-16-22)23-17-11-6-12-18-23/h4-19,24-25H,1-3H3/t19-,24+,25-/m1/s1. The maximum Gasteiger partial charge on any atom is 0.320 e. The van der Waals surface area contributed by atoms with Crippen molar-refractivity contribution in [3.05, 3.63) is 108 Å². The van der Waals surface area contributed by atoms with E-state index in [1.165, 1.54) is 14.0 Å². The van der Waals surface area contributed by atoms with Gasteiger partial charge in [0.05, 0.1) is 13.2 Å². The molecule has 0 N–H and O–H groups in total. The summed E-state index contributed by atoms with van der Waals surface area (Å²) in [7, 11) is 1.26. The number of esters is 2. The van der Waals surface area contributed by atoms with Crippen molar-refractivity contribution in [2.45, 2.75) is 31.5 Å². The lowest BCUT2D eigenvalue weighted by Gasteiger charge is -2.56. The normalized spacial score (nSPS) is 18.6. The van der Waals surface area contributed by atoms with Crippen molar-refractivity contribution in [1.29, 1.82) is 0 Å². The van der Waals surface area contributed by atoms with Crippen molar-refractivity contribution < 1.29 is 23.9 Å². The zero-order chi connectivity index (χ0) is 24.3. The molecule has 1 aliphatic rings. The fraction of sp³-hybridized carbons (Fsp3) is 0.250. The molecule has 34 heavy (non-hydrogen) atoms. The summed E-state index contributed by atoms with van der Waals surface area (Å²) in [6.45, 7) is 3.24. The first-order valence-corrected chi connectivity index (χ1v) is 11.2. The average Bonchev–Trinajstić information content (AvgIpc) is 2.87. The van der Waals surface area contributed by atoms with Crippen molar-refractivity contribution in [2.75, 3.05) is 7.11 Å². The van der Waals surface area contributed by atoms with Crippen LogP contribution in [0.1, 0.15) is 36.6 Å². The van der Waals surface area contributed by atoms with E-state index in [2.05, 4.69) is 0 Å². The second-order valence-electron chi connectivity index (χ2n) is 8.34. The van der Waals surface area contributed by atoms with Gasteiger partial charge in [0.15, 0.2) is 11.5 Å². The molecule has 174 valence electrons. The quantitative estimate of drug-likeness (QED) is 0.301. The number of hydrogen-bond acceptors (Lipinski definition) is 5. The van der Waals surface area contributed by atoms with Gasteiger partial charge in [0.2, 0.25) is 5.91 Å². The summed E-state index contributed by atoms with van der Waals surface area (Å²) < 4.78 is 11.2. The molecule has 0 spiro atoms. The molecular weight excluding hydrogens is 430 g/mol. The van der Waals surface area contributed by atoms with E-state index in [-0.39, 0.29) is 11.9 Å². The Balaban J connectivity index is 1.98. The van der Waals surface area contributed by atoms with Crippen molar-refractivity contribution in [3.63, 3.8) is 0 Å². The monoisotopic (exact) mass is 457 g/mol. The van der Waals surface area contributed by atoms with Crippen molar-refractivity contribution in [3.8, 4) is 0 Å². The first-order chi connectivity index (χ1) is 16.4. The van der Waals surface area contributed by atoms with E-state index in [1.807, 2.05) is 97.9 Å². The minimum Gasteiger partial charge on any atom is -0.468 e. The van der Waals surface area contributed by atoms with Gasteiger partial charge in [-0.2, -0.15) is 0 Å². The molecule has 0 aromatic heterocycles. The molecule has 1 fully saturated rings. The highest BCUT2D eigenvalue weighted by atomic mass is 16.6. The molecule has 0 saturated carbocycles. The van der Waals surface area contributed by atoms with Gasteiger partial charge in [-0.3, -0.25) is 14.4 Å². The number of ether oxygens (including phenoxy) is 2. The van der Waals surface area contributed by atoms with Crippen LogP contribution in [0.5, 0.6) is 0 Å². The van der Waals surface area contributed by atoms with E-state index in [0.717, 1.165) is 5.56 Å². The van der Waals surface area contributed by atoms with Crippen LogP contribution < -0.4 is 0 Å². The molecule has 1 heterocycles. The summed E-state index contributed by atoms with van der Waals surface area (Å²) in [4.78, 5) is 40.6. The molecule has 3 aromatic rings. The molecule has 4 rings (SSSR count). The maximum absolute atomic E-state index is 13.5. The molecule has 3 atom stereocenters. The van der Waals surface area contributed by atoms with Gasteiger partial charge in [0, 0.05) is 18.1 Å². The Labute approximate surface area is 199 Å². The van der Waals surface area contributed by atoms with E-state index in [0.29, 0.717) is 11.1 Å². The molecule has 1 aliphatic heterocycles. The molecule has 1 amide bonds. The van der Waals surface area contributed by atoms with E-state index in [1.54, 1.807) is 4.90 Å². The molecule has 0 aliphatic carbocycles. The van der Waals surface area contributed by atoms with Gasteiger partial charge in [-0.1, -0.05) is 91.0 Å². The molecule has 6 nitrogen and oxygen atoms in total. The van der Waals surface area contributed by atoms with Gasteiger partial charge in [0.1, 0.15) is 6.04 Å². The number of β-lactam (4-membered cyclic amide) rings is 1. The van der Waals surface area contributed by atoms with Gasteiger partial charge in [-0.25, -0.2) is 0 Å². The summed E-state index contributed by atoms with van der Waals surface area (Å²) in [5, 5.41) is 0. The van der Waals surface area contributed by atoms with Gasteiger partial charge in [-0.15, -0.1) is 0 Å². The Morgan fingerprint density at radius 3 is 1.76 bits per heavy atom. The van der Waals surface area contributed by atoms with Crippen LogP contribution in [-0.2, 0) is 29.5 Å². The van der Waals surface area contributed by atoms with E-state index in [4.69, 9.17) is 9.47 Å². The van der Waals surface area contributed by atoms with Crippen LogP contribution in [0.4, 0.5) is 0 Å². The molecule has 0 radical (unpaired) electrons. The Kier molecular flexibility index (Phi) is 6.50. The Bertz CT molecular complexity index is 1120. The number of hydrogen-bond donors (Lipinski definition) is 0. The summed E-state index contributed by atoms with van der Waals surface area (Å²) in [6.07, 6.45) is 0. The van der Waals surface area contributed by atoms with Crippen LogP contribution in [0.3, 0.4) is 0 Å². The zero-order valence-corrected chi connectivity index (χ0v) is 19.4. The summed E-state index contributed by atoms with van der Waals surface area (Å²) >= 11 is 0. The SMILES string of the molecule is COC(=O)[C@@H]1C(=O)N([C@H](C)c2ccccc2)[C@H]1C(OC(C)=O)(c1ccccc1)c1ccccc1. The Morgan fingerprint density at radius 2 is 1.32 bits per heavy atom. The van der Waals surface area contributed by atoms with Crippen LogP contribution >= 0.6 is 0 Å². The zero-order valence-electron chi connectivity index (χ0n) is 19.4. The highest BCUT2D eigenvalue weighted by molar-refractivity contribution is 6.04. The van der Waals surface area contributed by atoms with E-state index in [9.17, 15) is 14.4 Å². The molecule has 1 saturated heterocycles. The first kappa shape index (κ1) is 23.2. The largest absolute Gasteiger partial charge is 0.468 e. The predicted octanol–water partition coefficient (Wildman–Crippen LogP) is 4.25. The maximum atomic E-state index is 13.5. The lowest BCUT2D eigenvalue weighted by Crippen LogP contribution is -2.72. The Hall–Kier alpha value is -3.93. The fourth-order valence-electron chi connectivity index (χ4n) is 4.91. The van der Waals surface area contributed by atoms with Crippen LogP contribution in [0.15, 0.2) is 91.0 Å². The minimum absolute atomic E-state index is 0.364. The highest BCUT2D eigenvalue weighted by Gasteiger charge is 2.65. The third-order valence-corrected chi connectivity index (χ3v) is 6.42. The summed E-state index contributed by atoms with van der Waals surface area (Å²) in [5.74, 6) is -2.68. The summed E-state index contributed by atoms with van der Waals surface area (Å²) in [5.41, 5.74) is 0.799. The average molecular weight is 458 g/mol. The summed E-state index contributed by atoms with van der Waals surface area (Å²) in [6, 6.07) is 26.8. The van der Waals surface area contributed by atoms with Crippen molar-refractivity contribution in [2.24, 2.45) is 5.92 Å². The van der Waals surface area contributed by atoms with Gasteiger partial charge in [0.25, 0.3) is 0 Å². The van der Waals surface area contributed by atoms with E-state index >= 15 is 0 Å². The predicted molar refractivity (Wildman–Crippen MR) is 126 cm³/mol. The number of methoxy groups -OCH3 is 1. The lowest BCUT2D eigenvalue weighted by molar-refractivity contribution is -0.200. The number of benzene rings is 3. The van der Waals surface area contributed by atoms with Crippen LogP contribution in [-0.4, -0.2) is 35.9 Å². The Morgan fingerprint density at radius 1 is 0.853 bits per heavy atom. The number of carbonyl (C=O) groups is 3. The highest BCUT2D eigenvalue weighted by Crippen LogP contribution is 2.50. The van der Waals surface area contributed by atoms with Crippen molar-refractivity contribution in [1.82, 2.24) is 4.90 Å². The van der Waals surface area contributed by atoms with E-state index < -0.39 is 29.5 Å². The third-order valence-electron chi connectivity index (χ3n) is 6.42. The van der Waals surface area contributed by atoms with Gasteiger partial charge in [-0.05, 0) is 12.5 Å². The van der Waals surface area contributed by atoms with Crippen LogP contribution in [0.2, 0.25) is 0 Å². The minimum atomic E-state index is -1.43. The molecular formula is C28H27NO5. The van der Waals surface area contributed by atoms with Gasteiger partial charge < -0.3 is 14.4 Å². The molecule has 3 aromatic carbocycles. The topological polar surface area (TPSA) is 72.9 Å². The first-order valence-electron chi connectivity index (χ1n) is 11.2. The van der Waals surface area contributed by atoms with Crippen molar-refractivity contribution >= 4 is 17.8 Å².